The molecule has 29 heavy (non-hydrogen) atoms. The molecule has 0 aliphatic carbocycles. The number of halogens is 1. The summed E-state index contributed by atoms with van der Waals surface area (Å²) in [5, 5.41) is 12.4. The minimum atomic E-state index is -0.376. The van der Waals surface area contributed by atoms with E-state index in [9.17, 15) is 9.18 Å². The van der Waals surface area contributed by atoms with E-state index in [1.165, 1.54) is 24.3 Å². The van der Waals surface area contributed by atoms with Crippen LogP contribution >= 0.6 is 0 Å². The lowest BCUT2D eigenvalue weighted by molar-refractivity contribution is 0.0708. The second kappa shape index (κ2) is 6.93. The van der Waals surface area contributed by atoms with Crippen molar-refractivity contribution in [2.45, 2.75) is 13.1 Å². The minimum Gasteiger partial charge on any atom is -0.330 e. The van der Waals surface area contributed by atoms with E-state index < -0.39 is 0 Å². The standard InChI is InChI=1S/C20H15FN6O2/c21-15-8-6-14(7-9-15)20(28)26-10-11-27-16(12-26)23-24-18(27)19-22-17(25-29-19)13-4-2-1-3-5-13/h1-9H,10-12H2. The summed E-state index contributed by atoms with van der Waals surface area (Å²) in [7, 11) is 0. The predicted molar refractivity (Wildman–Crippen MR) is 99.9 cm³/mol. The Morgan fingerprint density at radius 1 is 1.00 bits per heavy atom. The molecule has 3 heterocycles. The van der Waals surface area contributed by atoms with Crippen LogP contribution in [0.1, 0.15) is 16.2 Å². The lowest BCUT2D eigenvalue weighted by Gasteiger charge is -2.27. The molecule has 0 fully saturated rings. The first kappa shape index (κ1) is 17.2. The fourth-order valence-corrected chi connectivity index (χ4v) is 3.28. The summed E-state index contributed by atoms with van der Waals surface area (Å²) in [4.78, 5) is 18.7. The van der Waals surface area contributed by atoms with Gasteiger partial charge in [-0.15, -0.1) is 10.2 Å². The highest BCUT2D eigenvalue weighted by molar-refractivity contribution is 5.94. The normalized spacial score (nSPS) is 13.3. The van der Waals surface area contributed by atoms with Crippen molar-refractivity contribution in [1.82, 2.24) is 29.8 Å². The maximum absolute atomic E-state index is 13.1. The van der Waals surface area contributed by atoms with Crippen molar-refractivity contribution in [3.63, 3.8) is 0 Å². The fourth-order valence-electron chi connectivity index (χ4n) is 3.28. The van der Waals surface area contributed by atoms with Gasteiger partial charge in [0.2, 0.25) is 11.6 Å². The molecule has 0 spiro atoms. The molecule has 1 aliphatic heterocycles. The van der Waals surface area contributed by atoms with Gasteiger partial charge in [0.1, 0.15) is 5.82 Å². The number of amides is 1. The second-order valence-electron chi connectivity index (χ2n) is 6.61. The maximum atomic E-state index is 13.1. The zero-order valence-electron chi connectivity index (χ0n) is 15.2. The lowest BCUT2D eigenvalue weighted by atomic mass is 10.2. The highest BCUT2D eigenvalue weighted by Crippen LogP contribution is 2.24. The van der Waals surface area contributed by atoms with E-state index in [2.05, 4.69) is 20.3 Å². The van der Waals surface area contributed by atoms with Gasteiger partial charge in [-0.2, -0.15) is 4.98 Å². The summed E-state index contributed by atoms with van der Waals surface area (Å²) >= 11 is 0. The number of aromatic nitrogens is 5. The van der Waals surface area contributed by atoms with Crippen molar-refractivity contribution in [2.75, 3.05) is 6.54 Å². The van der Waals surface area contributed by atoms with Gasteiger partial charge in [-0.25, -0.2) is 4.39 Å². The van der Waals surface area contributed by atoms with Crippen LogP contribution in [0, 0.1) is 5.82 Å². The van der Waals surface area contributed by atoms with Gasteiger partial charge >= 0.3 is 0 Å². The van der Waals surface area contributed by atoms with Crippen LogP contribution in [-0.4, -0.2) is 42.3 Å². The molecule has 1 aliphatic rings. The van der Waals surface area contributed by atoms with Crippen LogP contribution in [0.5, 0.6) is 0 Å². The van der Waals surface area contributed by atoms with Gasteiger partial charge in [-0.05, 0) is 24.3 Å². The van der Waals surface area contributed by atoms with Gasteiger partial charge in [0.15, 0.2) is 5.82 Å². The van der Waals surface area contributed by atoms with Crippen molar-refractivity contribution in [1.29, 1.82) is 0 Å². The van der Waals surface area contributed by atoms with E-state index in [0.717, 1.165) is 5.56 Å². The van der Waals surface area contributed by atoms with Crippen molar-refractivity contribution >= 4 is 5.91 Å². The molecular formula is C20H15FN6O2. The third-order valence-corrected chi connectivity index (χ3v) is 4.78. The molecule has 0 saturated heterocycles. The Labute approximate surface area is 164 Å². The van der Waals surface area contributed by atoms with Crippen LogP contribution in [0.4, 0.5) is 4.39 Å². The molecule has 2 aromatic heterocycles. The van der Waals surface area contributed by atoms with Crippen LogP contribution in [0.2, 0.25) is 0 Å². The number of hydrogen-bond donors (Lipinski definition) is 0. The Morgan fingerprint density at radius 2 is 1.79 bits per heavy atom. The SMILES string of the molecule is O=C(c1ccc(F)cc1)N1CCn2c(nnc2-c2nc(-c3ccccc3)no2)C1. The number of rotatable bonds is 3. The predicted octanol–water partition coefficient (Wildman–Crippen LogP) is 2.79. The maximum Gasteiger partial charge on any atom is 0.296 e. The van der Waals surface area contributed by atoms with Crippen molar-refractivity contribution < 1.29 is 13.7 Å². The third-order valence-electron chi connectivity index (χ3n) is 4.78. The van der Waals surface area contributed by atoms with E-state index in [0.29, 0.717) is 42.7 Å². The number of carbonyl (C=O) groups excluding carboxylic acids is 1. The van der Waals surface area contributed by atoms with E-state index in [-0.39, 0.29) is 17.6 Å². The zero-order chi connectivity index (χ0) is 19.8. The summed E-state index contributed by atoms with van der Waals surface area (Å²) in [6, 6.07) is 15.0. The summed E-state index contributed by atoms with van der Waals surface area (Å²) < 4.78 is 20.4. The Morgan fingerprint density at radius 3 is 2.59 bits per heavy atom. The minimum absolute atomic E-state index is 0.176. The zero-order valence-corrected chi connectivity index (χ0v) is 15.2. The van der Waals surface area contributed by atoms with Gasteiger partial charge in [-0.1, -0.05) is 35.5 Å². The molecule has 0 saturated carbocycles. The molecule has 0 bridgehead atoms. The Kier molecular flexibility index (Phi) is 4.12. The molecule has 1 amide bonds. The first-order valence-electron chi connectivity index (χ1n) is 9.05. The molecular weight excluding hydrogens is 375 g/mol. The van der Waals surface area contributed by atoms with Gasteiger partial charge in [-0.3, -0.25) is 4.79 Å². The molecule has 0 radical (unpaired) electrons. The number of hydrogen-bond acceptors (Lipinski definition) is 6. The fraction of sp³-hybridized carbons (Fsp3) is 0.150. The highest BCUT2D eigenvalue weighted by atomic mass is 19.1. The topological polar surface area (TPSA) is 89.9 Å². The van der Waals surface area contributed by atoms with Crippen LogP contribution in [-0.2, 0) is 13.1 Å². The molecule has 144 valence electrons. The molecule has 0 atom stereocenters. The Balaban J connectivity index is 1.38. The van der Waals surface area contributed by atoms with E-state index in [1.54, 1.807) is 4.90 Å². The summed E-state index contributed by atoms with van der Waals surface area (Å²) in [6.07, 6.45) is 0. The van der Waals surface area contributed by atoms with E-state index >= 15 is 0 Å². The van der Waals surface area contributed by atoms with Crippen molar-refractivity contribution in [3.8, 4) is 23.1 Å². The van der Waals surface area contributed by atoms with Crippen LogP contribution in [0.3, 0.4) is 0 Å². The summed E-state index contributed by atoms with van der Waals surface area (Å²) in [5.41, 5.74) is 1.28. The third kappa shape index (κ3) is 3.16. The number of carbonyl (C=O) groups is 1. The quantitative estimate of drug-likeness (QED) is 0.534. The largest absolute Gasteiger partial charge is 0.330 e. The average Bonchev–Trinajstić information content (AvgIpc) is 3.41. The molecule has 5 rings (SSSR count). The monoisotopic (exact) mass is 390 g/mol. The van der Waals surface area contributed by atoms with E-state index in [4.69, 9.17) is 4.52 Å². The van der Waals surface area contributed by atoms with Gasteiger partial charge in [0.05, 0.1) is 6.54 Å². The average molecular weight is 390 g/mol. The van der Waals surface area contributed by atoms with E-state index in [1.807, 2.05) is 34.9 Å². The number of fused-ring (bicyclic) bond motifs is 1. The van der Waals surface area contributed by atoms with Crippen molar-refractivity contribution in [2.24, 2.45) is 0 Å². The lowest BCUT2D eigenvalue weighted by Crippen LogP contribution is -2.38. The first-order chi connectivity index (χ1) is 14.2. The van der Waals surface area contributed by atoms with Gasteiger partial charge in [0, 0.05) is 24.2 Å². The molecule has 8 nitrogen and oxygen atoms in total. The van der Waals surface area contributed by atoms with Crippen LogP contribution in [0.15, 0.2) is 59.1 Å². The Hall–Kier alpha value is -3.88. The number of benzene rings is 2. The second-order valence-corrected chi connectivity index (χ2v) is 6.61. The molecule has 0 unspecified atom stereocenters. The van der Waals surface area contributed by atoms with Gasteiger partial charge < -0.3 is 14.0 Å². The summed E-state index contributed by atoms with van der Waals surface area (Å²) in [6.45, 7) is 1.25. The van der Waals surface area contributed by atoms with Crippen LogP contribution in [0.25, 0.3) is 23.1 Å². The molecule has 4 aromatic rings. The van der Waals surface area contributed by atoms with Gasteiger partial charge in [0.25, 0.3) is 11.8 Å². The summed E-state index contributed by atoms with van der Waals surface area (Å²) in [5.74, 6) is 1.30. The number of nitrogens with zero attached hydrogens (tertiary/aromatic N) is 6. The molecule has 2 aromatic carbocycles. The highest BCUT2D eigenvalue weighted by Gasteiger charge is 2.27. The molecule has 0 N–H and O–H groups in total. The van der Waals surface area contributed by atoms with Crippen molar-refractivity contribution in [3.05, 3.63) is 71.8 Å². The Bertz CT molecular complexity index is 1170. The molecule has 9 heteroatoms. The smallest absolute Gasteiger partial charge is 0.296 e. The first-order valence-corrected chi connectivity index (χ1v) is 9.05. The van der Waals surface area contributed by atoms with Crippen LogP contribution < -0.4 is 0 Å².